The van der Waals surface area contributed by atoms with E-state index in [0.29, 0.717) is 5.56 Å². The highest BCUT2D eigenvalue weighted by Gasteiger charge is 2.35. The van der Waals surface area contributed by atoms with Gasteiger partial charge in [0.15, 0.2) is 11.5 Å². The first-order valence-corrected chi connectivity index (χ1v) is 11.6. The summed E-state index contributed by atoms with van der Waals surface area (Å²) < 4.78 is 25.0. The number of halogens is 2. The number of hydrogen-bond donors (Lipinski definition) is 0. The molecule has 0 aromatic heterocycles. The minimum absolute atomic E-state index is 0.0607. The average Bonchev–Trinajstić information content (AvgIpc) is 3.08. The Morgan fingerprint density at radius 2 is 1.82 bits per heavy atom. The van der Waals surface area contributed by atoms with Crippen LogP contribution in [0.3, 0.4) is 0 Å². The zero-order valence-electron chi connectivity index (χ0n) is 17.8. The zero-order chi connectivity index (χ0) is 24.2. The molecule has 0 aliphatic carbocycles. The summed E-state index contributed by atoms with van der Waals surface area (Å²) in [4.78, 5) is 39.0. The number of carbonyl (C=O) groups excluding carboxylic acids is 3. The molecule has 3 aromatic rings. The Bertz CT molecular complexity index is 1310. The van der Waals surface area contributed by atoms with Crippen molar-refractivity contribution in [1.82, 2.24) is 4.90 Å². The summed E-state index contributed by atoms with van der Waals surface area (Å²) in [6, 6.07) is 17.2. The van der Waals surface area contributed by atoms with Gasteiger partial charge in [-0.05, 0) is 71.4 Å². The van der Waals surface area contributed by atoms with Crippen molar-refractivity contribution in [2.24, 2.45) is 0 Å². The van der Waals surface area contributed by atoms with Gasteiger partial charge in [0.2, 0.25) is 0 Å². The van der Waals surface area contributed by atoms with Gasteiger partial charge in [-0.3, -0.25) is 14.5 Å². The van der Waals surface area contributed by atoms with Crippen molar-refractivity contribution >= 4 is 50.9 Å². The summed E-state index contributed by atoms with van der Waals surface area (Å²) >= 11 is 4.21. The molecule has 1 aliphatic heterocycles. The number of imide groups is 1. The minimum Gasteiger partial charge on any atom is -0.493 e. The normalized spacial score (nSPS) is 14.6. The highest BCUT2D eigenvalue weighted by atomic mass is 79.9. The van der Waals surface area contributed by atoms with Crippen LogP contribution in [0, 0.1) is 5.82 Å². The highest BCUT2D eigenvalue weighted by Crippen LogP contribution is 2.35. The van der Waals surface area contributed by atoms with Gasteiger partial charge >= 0.3 is 5.97 Å². The molecule has 1 fully saturated rings. The average molecular weight is 542 g/mol. The van der Waals surface area contributed by atoms with Crippen LogP contribution in [0.25, 0.3) is 6.08 Å². The number of benzene rings is 3. The zero-order valence-corrected chi connectivity index (χ0v) is 20.2. The minimum atomic E-state index is -0.736. The lowest BCUT2D eigenvalue weighted by atomic mass is 10.1. The first kappa shape index (κ1) is 23.7. The molecule has 9 heteroatoms. The fourth-order valence-corrected chi connectivity index (χ4v) is 4.30. The quantitative estimate of drug-likeness (QED) is 0.215. The second kappa shape index (κ2) is 10.2. The van der Waals surface area contributed by atoms with Crippen LogP contribution in [0.2, 0.25) is 0 Å². The summed E-state index contributed by atoms with van der Waals surface area (Å²) in [5.41, 5.74) is 1.47. The van der Waals surface area contributed by atoms with Crippen molar-refractivity contribution in [1.29, 1.82) is 0 Å². The number of amides is 2. The van der Waals surface area contributed by atoms with Crippen molar-refractivity contribution in [3.05, 3.63) is 98.6 Å². The van der Waals surface area contributed by atoms with Crippen LogP contribution in [0.5, 0.6) is 11.5 Å². The second-order valence-corrected chi connectivity index (χ2v) is 9.11. The van der Waals surface area contributed by atoms with Crippen molar-refractivity contribution in [3.63, 3.8) is 0 Å². The number of nitrogens with zero attached hydrogens (tertiary/aromatic N) is 1. The summed E-state index contributed by atoms with van der Waals surface area (Å²) in [7, 11) is 1.41. The fraction of sp³-hybridized carbons (Fsp3) is 0.0800. The van der Waals surface area contributed by atoms with E-state index in [1.165, 1.54) is 36.3 Å². The number of methoxy groups -OCH3 is 1. The Labute approximate surface area is 207 Å². The molecule has 0 saturated carbocycles. The summed E-state index contributed by atoms with van der Waals surface area (Å²) in [5.74, 6) is -1.30. The maximum Gasteiger partial charge on any atom is 0.343 e. The van der Waals surface area contributed by atoms with Crippen LogP contribution >= 0.6 is 27.7 Å². The molecule has 0 N–H and O–H groups in total. The van der Waals surface area contributed by atoms with Gasteiger partial charge in [-0.1, -0.05) is 40.2 Å². The van der Waals surface area contributed by atoms with Gasteiger partial charge in [-0.2, -0.15) is 0 Å². The fourth-order valence-electron chi connectivity index (χ4n) is 3.19. The molecule has 3 aromatic carbocycles. The van der Waals surface area contributed by atoms with Crippen molar-refractivity contribution in [2.75, 3.05) is 7.11 Å². The van der Waals surface area contributed by atoms with Gasteiger partial charge < -0.3 is 9.47 Å². The lowest BCUT2D eigenvalue weighted by molar-refractivity contribution is -0.123. The third-order valence-electron chi connectivity index (χ3n) is 4.88. The number of hydrogen-bond acceptors (Lipinski definition) is 6. The lowest BCUT2D eigenvalue weighted by Crippen LogP contribution is -2.27. The third kappa shape index (κ3) is 5.37. The molecule has 1 saturated heterocycles. The Morgan fingerprint density at radius 3 is 2.53 bits per heavy atom. The number of carbonyl (C=O) groups is 3. The van der Waals surface area contributed by atoms with Gasteiger partial charge in [0.05, 0.1) is 24.1 Å². The molecule has 1 aliphatic rings. The van der Waals surface area contributed by atoms with Crippen molar-refractivity contribution in [2.45, 2.75) is 6.54 Å². The van der Waals surface area contributed by atoms with Crippen molar-refractivity contribution < 1.29 is 28.2 Å². The van der Waals surface area contributed by atoms with E-state index < -0.39 is 17.7 Å². The Morgan fingerprint density at radius 1 is 1.06 bits per heavy atom. The Kier molecular flexibility index (Phi) is 7.14. The van der Waals surface area contributed by atoms with Gasteiger partial charge in [-0.25, -0.2) is 9.18 Å². The first-order chi connectivity index (χ1) is 16.3. The maximum atomic E-state index is 13.4. The largest absolute Gasteiger partial charge is 0.493 e. The van der Waals surface area contributed by atoms with Crippen LogP contribution in [-0.4, -0.2) is 29.1 Å². The first-order valence-electron chi connectivity index (χ1n) is 9.99. The predicted molar refractivity (Wildman–Crippen MR) is 130 cm³/mol. The molecule has 0 radical (unpaired) electrons. The molecule has 4 rings (SSSR count). The maximum absolute atomic E-state index is 13.4. The van der Waals surface area contributed by atoms with E-state index >= 15 is 0 Å². The predicted octanol–water partition coefficient (Wildman–Crippen LogP) is 6.05. The Balaban J connectivity index is 1.51. The summed E-state index contributed by atoms with van der Waals surface area (Å²) in [6.07, 6.45) is 1.58. The lowest BCUT2D eigenvalue weighted by Gasteiger charge is -2.12. The SMILES string of the molecule is COc1cc(/C=C2\SC(=O)N(Cc3ccc(Br)cc3)C2=O)ccc1OC(=O)c1cccc(F)c1. The number of esters is 1. The number of thioether (sulfide) groups is 1. The van der Waals surface area contributed by atoms with Gasteiger partial charge in [0.1, 0.15) is 5.82 Å². The molecule has 6 nitrogen and oxygen atoms in total. The Hall–Kier alpha value is -3.43. The molecule has 0 unspecified atom stereocenters. The van der Waals surface area contributed by atoms with E-state index in [1.54, 1.807) is 18.2 Å². The third-order valence-corrected chi connectivity index (χ3v) is 6.31. The van der Waals surface area contributed by atoms with Crippen LogP contribution in [0.15, 0.2) is 76.1 Å². The molecule has 34 heavy (non-hydrogen) atoms. The standard InChI is InChI=1S/C25H17BrFNO5S/c1-32-21-11-16(7-10-20(21)33-24(30)17-3-2-4-19(27)13-17)12-22-23(29)28(25(31)34-22)14-15-5-8-18(26)9-6-15/h2-13H,14H2,1H3/b22-12-. The summed E-state index contributed by atoms with van der Waals surface area (Å²) in [6.45, 7) is 0.174. The van der Waals surface area contributed by atoms with Gasteiger partial charge in [0.25, 0.3) is 11.1 Å². The molecule has 2 amide bonds. The van der Waals surface area contributed by atoms with E-state index in [0.717, 1.165) is 27.9 Å². The van der Waals surface area contributed by atoms with Gasteiger partial charge in [0, 0.05) is 4.47 Å². The number of rotatable bonds is 6. The van der Waals surface area contributed by atoms with E-state index in [-0.39, 0.29) is 33.8 Å². The molecule has 0 bridgehead atoms. The van der Waals surface area contributed by atoms with Crippen LogP contribution in [-0.2, 0) is 11.3 Å². The highest BCUT2D eigenvalue weighted by molar-refractivity contribution is 9.10. The molecule has 1 heterocycles. The van der Waals surface area contributed by atoms with Gasteiger partial charge in [-0.15, -0.1) is 0 Å². The van der Waals surface area contributed by atoms with Crippen LogP contribution in [0.4, 0.5) is 9.18 Å². The molecular formula is C25H17BrFNO5S. The summed E-state index contributed by atoms with van der Waals surface area (Å²) in [5, 5.41) is -0.355. The van der Waals surface area contributed by atoms with Crippen molar-refractivity contribution in [3.8, 4) is 11.5 Å². The monoisotopic (exact) mass is 541 g/mol. The van der Waals surface area contributed by atoms with E-state index in [9.17, 15) is 18.8 Å². The number of ether oxygens (including phenoxy) is 2. The van der Waals surface area contributed by atoms with E-state index in [1.807, 2.05) is 24.3 Å². The van der Waals surface area contributed by atoms with E-state index in [2.05, 4.69) is 15.9 Å². The second-order valence-electron chi connectivity index (χ2n) is 7.20. The topological polar surface area (TPSA) is 72.9 Å². The molecule has 0 atom stereocenters. The smallest absolute Gasteiger partial charge is 0.343 e. The van der Waals surface area contributed by atoms with Crippen LogP contribution in [0.1, 0.15) is 21.5 Å². The molecular weight excluding hydrogens is 525 g/mol. The van der Waals surface area contributed by atoms with Crippen LogP contribution < -0.4 is 9.47 Å². The molecule has 0 spiro atoms. The van der Waals surface area contributed by atoms with E-state index in [4.69, 9.17) is 9.47 Å². The molecule has 172 valence electrons.